The van der Waals surface area contributed by atoms with Gasteiger partial charge in [-0.2, -0.15) is 0 Å². The molecule has 1 aliphatic rings. The van der Waals surface area contributed by atoms with E-state index in [2.05, 4.69) is 41.4 Å². The molecule has 0 aromatic heterocycles. The van der Waals surface area contributed by atoms with Crippen LogP contribution >= 0.6 is 0 Å². The van der Waals surface area contributed by atoms with Crippen molar-refractivity contribution in [3.63, 3.8) is 0 Å². The molecule has 0 atom stereocenters. The van der Waals surface area contributed by atoms with Gasteiger partial charge >= 0.3 is 0 Å². The second kappa shape index (κ2) is 4.47. The van der Waals surface area contributed by atoms with Gasteiger partial charge in [0.05, 0.1) is 0 Å². The Morgan fingerprint density at radius 1 is 1.36 bits per heavy atom. The highest BCUT2D eigenvalue weighted by Crippen LogP contribution is 2.26. The molecule has 76 valence electrons. The van der Waals surface area contributed by atoms with Gasteiger partial charge in [0.2, 0.25) is 0 Å². The minimum absolute atomic E-state index is 1.06. The molecule has 2 rings (SSSR count). The fourth-order valence-corrected chi connectivity index (χ4v) is 2.03. The predicted octanol–water partition coefficient (Wildman–Crippen LogP) is 1.66. The van der Waals surface area contributed by atoms with Crippen molar-refractivity contribution in [3.05, 3.63) is 29.8 Å². The van der Waals surface area contributed by atoms with E-state index in [1.54, 1.807) is 0 Å². The Balaban J connectivity index is 1.96. The highest BCUT2D eigenvalue weighted by molar-refractivity contribution is 5.57. The SMILES string of the molecule is CCNCCN1CCc2ccccc21. The van der Waals surface area contributed by atoms with Crippen molar-refractivity contribution < 1.29 is 0 Å². The normalized spacial score (nSPS) is 14.5. The highest BCUT2D eigenvalue weighted by atomic mass is 15.2. The van der Waals surface area contributed by atoms with E-state index in [0.717, 1.165) is 19.6 Å². The Morgan fingerprint density at radius 2 is 2.21 bits per heavy atom. The molecule has 0 saturated carbocycles. The molecule has 0 radical (unpaired) electrons. The quantitative estimate of drug-likeness (QED) is 0.726. The summed E-state index contributed by atoms with van der Waals surface area (Å²) in [6.45, 7) is 6.62. The zero-order valence-corrected chi connectivity index (χ0v) is 8.79. The number of anilines is 1. The fourth-order valence-electron chi connectivity index (χ4n) is 2.03. The van der Waals surface area contributed by atoms with Crippen LogP contribution in [0.4, 0.5) is 5.69 Å². The van der Waals surface area contributed by atoms with Crippen LogP contribution in [-0.4, -0.2) is 26.2 Å². The average Bonchev–Trinajstić information content (AvgIpc) is 2.63. The summed E-state index contributed by atoms with van der Waals surface area (Å²) < 4.78 is 0. The average molecular weight is 190 g/mol. The monoisotopic (exact) mass is 190 g/mol. The number of rotatable bonds is 4. The highest BCUT2D eigenvalue weighted by Gasteiger charge is 2.16. The topological polar surface area (TPSA) is 15.3 Å². The number of fused-ring (bicyclic) bond motifs is 1. The van der Waals surface area contributed by atoms with Gasteiger partial charge in [-0.25, -0.2) is 0 Å². The Morgan fingerprint density at radius 3 is 3.07 bits per heavy atom. The molecule has 2 nitrogen and oxygen atoms in total. The largest absolute Gasteiger partial charge is 0.370 e. The summed E-state index contributed by atoms with van der Waals surface area (Å²) in [5.74, 6) is 0. The molecule has 1 aliphatic heterocycles. The van der Waals surface area contributed by atoms with Crippen LogP contribution in [-0.2, 0) is 6.42 Å². The first kappa shape index (κ1) is 9.53. The standard InChI is InChI=1S/C12H18N2/c1-2-13-8-10-14-9-7-11-5-3-4-6-12(11)14/h3-6,13H,2,7-10H2,1H3. The number of hydrogen-bond acceptors (Lipinski definition) is 2. The molecule has 0 spiro atoms. The lowest BCUT2D eigenvalue weighted by atomic mass is 10.2. The summed E-state index contributed by atoms with van der Waals surface area (Å²) in [7, 11) is 0. The van der Waals surface area contributed by atoms with E-state index in [-0.39, 0.29) is 0 Å². The van der Waals surface area contributed by atoms with Crippen molar-refractivity contribution in [2.24, 2.45) is 0 Å². The summed E-state index contributed by atoms with van der Waals surface area (Å²) in [6.07, 6.45) is 1.21. The molecule has 2 heteroatoms. The van der Waals surface area contributed by atoms with Crippen LogP contribution in [0.25, 0.3) is 0 Å². The molecule has 0 aliphatic carbocycles. The van der Waals surface area contributed by atoms with Gasteiger partial charge in [0, 0.05) is 25.3 Å². The number of nitrogens with one attached hydrogen (secondary N) is 1. The summed E-state index contributed by atoms with van der Waals surface area (Å²) in [6, 6.07) is 8.73. The number of nitrogens with zero attached hydrogens (tertiary/aromatic N) is 1. The summed E-state index contributed by atoms with van der Waals surface area (Å²) in [4.78, 5) is 2.47. The van der Waals surface area contributed by atoms with Crippen molar-refractivity contribution >= 4 is 5.69 Å². The Bertz CT molecular complexity index is 296. The van der Waals surface area contributed by atoms with Gasteiger partial charge in [0.1, 0.15) is 0 Å². The molecule has 1 heterocycles. The zero-order chi connectivity index (χ0) is 9.80. The molecular formula is C12H18N2. The van der Waals surface area contributed by atoms with Gasteiger partial charge in [-0.1, -0.05) is 25.1 Å². The number of benzene rings is 1. The van der Waals surface area contributed by atoms with Gasteiger partial charge in [-0.15, -0.1) is 0 Å². The lowest BCUT2D eigenvalue weighted by Crippen LogP contribution is -2.30. The Hall–Kier alpha value is -1.02. The minimum Gasteiger partial charge on any atom is -0.370 e. The third-order valence-electron chi connectivity index (χ3n) is 2.79. The van der Waals surface area contributed by atoms with E-state index in [0.29, 0.717) is 0 Å². The van der Waals surface area contributed by atoms with Crippen LogP contribution in [0.15, 0.2) is 24.3 Å². The maximum atomic E-state index is 3.36. The number of hydrogen-bond donors (Lipinski definition) is 1. The van der Waals surface area contributed by atoms with Crippen LogP contribution in [0.2, 0.25) is 0 Å². The van der Waals surface area contributed by atoms with Crippen LogP contribution < -0.4 is 10.2 Å². The van der Waals surface area contributed by atoms with Crippen LogP contribution in [0.5, 0.6) is 0 Å². The molecule has 0 saturated heterocycles. The molecule has 0 bridgehead atoms. The van der Waals surface area contributed by atoms with E-state index in [9.17, 15) is 0 Å². The smallest absolute Gasteiger partial charge is 0.0399 e. The van der Waals surface area contributed by atoms with Crippen LogP contribution in [0.1, 0.15) is 12.5 Å². The van der Waals surface area contributed by atoms with Crippen molar-refractivity contribution in [1.29, 1.82) is 0 Å². The summed E-state index contributed by atoms with van der Waals surface area (Å²) in [5.41, 5.74) is 2.94. The van der Waals surface area contributed by atoms with Crippen molar-refractivity contribution in [2.75, 3.05) is 31.1 Å². The molecule has 1 aromatic rings. The van der Waals surface area contributed by atoms with E-state index < -0.39 is 0 Å². The van der Waals surface area contributed by atoms with Gasteiger partial charge < -0.3 is 10.2 Å². The Labute approximate surface area is 85.9 Å². The second-order valence-electron chi connectivity index (χ2n) is 3.72. The van der Waals surface area contributed by atoms with E-state index in [4.69, 9.17) is 0 Å². The van der Waals surface area contributed by atoms with Crippen molar-refractivity contribution in [1.82, 2.24) is 5.32 Å². The lowest BCUT2D eigenvalue weighted by Gasteiger charge is -2.19. The molecule has 1 N–H and O–H groups in total. The van der Waals surface area contributed by atoms with Crippen LogP contribution in [0, 0.1) is 0 Å². The van der Waals surface area contributed by atoms with Gasteiger partial charge in [0.25, 0.3) is 0 Å². The maximum Gasteiger partial charge on any atom is 0.0399 e. The van der Waals surface area contributed by atoms with Gasteiger partial charge in [-0.3, -0.25) is 0 Å². The minimum atomic E-state index is 1.06. The zero-order valence-electron chi connectivity index (χ0n) is 8.79. The maximum absolute atomic E-state index is 3.36. The third-order valence-corrected chi connectivity index (χ3v) is 2.79. The van der Waals surface area contributed by atoms with Gasteiger partial charge in [-0.05, 0) is 24.6 Å². The van der Waals surface area contributed by atoms with Crippen molar-refractivity contribution in [2.45, 2.75) is 13.3 Å². The molecule has 1 aromatic carbocycles. The second-order valence-corrected chi connectivity index (χ2v) is 3.72. The molecule has 0 unspecified atom stereocenters. The number of likely N-dealkylation sites (N-methyl/N-ethyl adjacent to an activating group) is 1. The summed E-state index contributed by atoms with van der Waals surface area (Å²) in [5, 5.41) is 3.36. The fraction of sp³-hybridized carbons (Fsp3) is 0.500. The first-order chi connectivity index (χ1) is 6.92. The Kier molecular flexibility index (Phi) is 3.04. The van der Waals surface area contributed by atoms with Crippen LogP contribution in [0.3, 0.4) is 0 Å². The third kappa shape index (κ3) is 1.90. The first-order valence-corrected chi connectivity index (χ1v) is 5.45. The number of para-hydroxylation sites is 1. The molecule has 0 fully saturated rings. The predicted molar refractivity (Wildman–Crippen MR) is 60.9 cm³/mol. The van der Waals surface area contributed by atoms with E-state index >= 15 is 0 Å². The van der Waals surface area contributed by atoms with E-state index in [1.165, 1.54) is 24.2 Å². The van der Waals surface area contributed by atoms with Gasteiger partial charge in [0.15, 0.2) is 0 Å². The van der Waals surface area contributed by atoms with Crippen molar-refractivity contribution in [3.8, 4) is 0 Å². The molecule has 14 heavy (non-hydrogen) atoms. The molecule has 0 amide bonds. The lowest BCUT2D eigenvalue weighted by molar-refractivity contribution is 0.691. The molecular weight excluding hydrogens is 172 g/mol. The van der Waals surface area contributed by atoms with E-state index in [1.807, 2.05) is 0 Å². The first-order valence-electron chi connectivity index (χ1n) is 5.45. The summed E-state index contributed by atoms with van der Waals surface area (Å²) >= 11 is 0.